The second kappa shape index (κ2) is 9.33. The second-order valence-corrected chi connectivity index (χ2v) is 5.52. The van der Waals surface area contributed by atoms with E-state index in [0.29, 0.717) is 30.6 Å². The Kier molecular flexibility index (Phi) is 7.58. The topological polar surface area (TPSA) is 53.5 Å². The normalized spacial score (nSPS) is 12.8. The minimum Gasteiger partial charge on any atom is -0.355 e. The van der Waals surface area contributed by atoms with E-state index in [1.165, 1.54) is 0 Å². The Hall–Kier alpha value is -1.62. The Balaban J connectivity index is 2.25. The summed E-state index contributed by atoms with van der Waals surface area (Å²) in [5, 5.41) is 6.18. The highest BCUT2D eigenvalue weighted by atomic mass is 32.2. The van der Waals surface area contributed by atoms with Crippen molar-refractivity contribution < 1.29 is 4.21 Å². The van der Waals surface area contributed by atoms with E-state index in [9.17, 15) is 4.21 Å². The van der Waals surface area contributed by atoms with E-state index in [2.05, 4.69) is 22.2 Å². The molecule has 1 rings (SSSR count). The lowest BCUT2D eigenvalue weighted by Crippen LogP contribution is -2.39. The van der Waals surface area contributed by atoms with E-state index in [0.717, 1.165) is 5.56 Å². The lowest BCUT2D eigenvalue weighted by Gasteiger charge is -2.10. The van der Waals surface area contributed by atoms with Gasteiger partial charge in [-0.15, -0.1) is 6.58 Å². The smallest absolute Gasteiger partial charge is 0.191 e. The SMILES string of the molecule is C=CCNC(=NC)NCCS(=O)Cc1ccccc1. The predicted octanol–water partition coefficient (Wildman–Crippen LogP) is 1.29. The molecule has 0 amide bonds. The van der Waals surface area contributed by atoms with Gasteiger partial charge in [0, 0.05) is 42.4 Å². The van der Waals surface area contributed by atoms with Crippen molar-refractivity contribution >= 4 is 16.8 Å². The zero-order valence-corrected chi connectivity index (χ0v) is 12.1. The lowest BCUT2D eigenvalue weighted by molar-refractivity contribution is 0.681. The van der Waals surface area contributed by atoms with Crippen LogP contribution in [0.25, 0.3) is 0 Å². The zero-order valence-electron chi connectivity index (χ0n) is 11.3. The molecule has 0 bridgehead atoms. The number of nitrogens with zero attached hydrogens (tertiary/aromatic N) is 1. The molecule has 1 atom stereocenters. The third-order valence-electron chi connectivity index (χ3n) is 2.43. The van der Waals surface area contributed by atoms with E-state index in [-0.39, 0.29) is 0 Å². The average Bonchev–Trinajstić information content (AvgIpc) is 2.43. The molecule has 5 heteroatoms. The van der Waals surface area contributed by atoms with Crippen molar-refractivity contribution in [1.82, 2.24) is 10.6 Å². The molecule has 4 nitrogen and oxygen atoms in total. The third-order valence-corrected chi connectivity index (χ3v) is 3.74. The number of hydrogen-bond acceptors (Lipinski definition) is 2. The van der Waals surface area contributed by atoms with Crippen LogP contribution in [0.1, 0.15) is 5.56 Å². The van der Waals surface area contributed by atoms with Crippen LogP contribution < -0.4 is 10.6 Å². The van der Waals surface area contributed by atoms with Crippen molar-refractivity contribution in [3.63, 3.8) is 0 Å². The average molecular weight is 279 g/mol. The number of rotatable bonds is 7. The molecule has 0 aromatic heterocycles. The molecule has 1 aromatic carbocycles. The predicted molar refractivity (Wildman–Crippen MR) is 82.7 cm³/mol. The molecular formula is C14H21N3OS. The molecule has 0 aliphatic rings. The van der Waals surface area contributed by atoms with Gasteiger partial charge in [-0.1, -0.05) is 36.4 Å². The standard InChI is InChI=1S/C14H21N3OS/c1-3-9-16-14(15-2)17-10-11-19(18)12-13-7-5-4-6-8-13/h3-8H,1,9-12H2,2H3,(H2,15,16,17). The highest BCUT2D eigenvalue weighted by Gasteiger charge is 2.02. The van der Waals surface area contributed by atoms with Gasteiger partial charge in [-0.25, -0.2) is 0 Å². The van der Waals surface area contributed by atoms with Crippen LogP contribution in [0.3, 0.4) is 0 Å². The quantitative estimate of drug-likeness (QED) is 0.449. The monoisotopic (exact) mass is 279 g/mol. The molecule has 19 heavy (non-hydrogen) atoms. The van der Waals surface area contributed by atoms with Gasteiger partial charge in [0.15, 0.2) is 5.96 Å². The van der Waals surface area contributed by atoms with Gasteiger partial charge in [0.2, 0.25) is 0 Å². The van der Waals surface area contributed by atoms with E-state index < -0.39 is 10.8 Å². The first-order valence-electron chi connectivity index (χ1n) is 6.20. The maximum absolute atomic E-state index is 11.9. The largest absolute Gasteiger partial charge is 0.355 e. The molecule has 0 aliphatic carbocycles. The molecule has 0 heterocycles. The molecule has 0 aliphatic heterocycles. The second-order valence-electron chi connectivity index (χ2n) is 3.94. The van der Waals surface area contributed by atoms with Crippen LogP contribution in [0.15, 0.2) is 48.0 Å². The van der Waals surface area contributed by atoms with Gasteiger partial charge in [0.25, 0.3) is 0 Å². The van der Waals surface area contributed by atoms with Gasteiger partial charge in [0.05, 0.1) is 0 Å². The Labute approximate surface area is 117 Å². The van der Waals surface area contributed by atoms with Crippen LogP contribution in [-0.2, 0) is 16.6 Å². The number of nitrogens with one attached hydrogen (secondary N) is 2. The van der Waals surface area contributed by atoms with Gasteiger partial charge in [0.1, 0.15) is 0 Å². The molecule has 0 saturated heterocycles. The molecule has 1 unspecified atom stereocenters. The molecular weight excluding hydrogens is 258 g/mol. The van der Waals surface area contributed by atoms with Crippen molar-refractivity contribution in [3.05, 3.63) is 48.6 Å². The van der Waals surface area contributed by atoms with E-state index in [4.69, 9.17) is 0 Å². The first kappa shape index (κ1) is 15.4. The molecule has 1 aromatic rings. The Morgan fingerprint density at radius 1 is 1.37 bits per heavy atom. The summed E-state index contributed by atoms with van der Waals surface area (Å²) in [5.41, 5.74) is 1.11. The van der Waals surface area contributed by atoms with Crippen molar-refractivity contribution in [2.45, 2.75) is 5.75 Å². The summed E-state index contributed by atoms with van der Waals surface area (Å²) in [6.45, 7) is 4.92. The fourth-order valence-corrected chi connectivity index (χ4v) is 2.54. The summed E-state index contributed by atoms with van der Waals surface area (Å²) in [6, 6.07) is 9.88. The van der Waals surface area contributed by atoms with Gasteiger partial charge in [-0.05, 0) is 5.56 Å². The van der Waals surface area contributed by atoms with Crippen LogP contribution in [-0.4, -0.2) is 36.1 Å². The van der Waals surface area contributed by atoms with Gasteiger partial charge in [-0.3, -0.25) is 9.20 Å². The lowest BCUT2D eigenvalue weighted by atomic mass is 10.2. The number of aliphatic imine (C=N–C) groups is 1. The Morgan fingerprint density at radius 2 is 2.11 bits per heavy atom. The summed E-state index contributed by atoms with van der Waals surface area (Å²) in [4.78, 5) is 4.05. The first-order valence-corrected chi connectivity index (χ1v) is 7.69. The summed E-state index contributed by atoms with van der Waals surface area (Å²) < 4.78 is 11.9. The van der Waals surface area contributed by atoms with Crippen LogP contribution in [0.2, 0.25) is 0 Å². The maximum Gasteiger partial charge on any atom is 0.191 e. The molecule has 2 N–H and O–H groups in total. The fourth-order valence-electron chi connectivity index (χ4n) is 1.51. The van der Waals surface area contributed by atoms with Gasteiger partial charge in [-0.2, -0.15) is 0 Å². The van der Waals surface area contributed by atoms with E-state index in [1.807, 2.05) is 30.3 Å². The summed E-state index contributed by atoms with van der Waals surface area (Å²) in [6.07, 6.45) is 1.76. The summed E-state index contributed by atoms with van der Waals surface area (Å²) in [5.74, 6) is 1.90. The van der Waals surface area contributed by atoms with E-state index in [1.54, 1.807) is 13.1 Å². The minimum atomic E-state index is -0.861. The van der Waals surface area contributed by atoms with E-state index >= 15 is 0 Å². The van der Waals surface area contributed by atoms with Gasteiger partial charge >= 0.3 is 0 Å². The maximum atomic E-state index is 11.9. The fraction of sp³-hybridized carbons (Fsp3) is 0.357. The van der Waals surface area contributed by atoms with Crippen LogP contribution in [0.4, 0.5) is 0 Å². The summed E-state index contributed by atoms with van der Waals surface area (Å²) >= 11 is 0. The molecule has 0 fully saturated rings. The molecule has 0 spiro atoms. The van der Waals surface area contributed by atoms with Gasteiger partial charge < -0.3 is 10.6 Å². The van der Waals surface area contributed by atoms with Crippen molar-refractivity contribution in [2.24, 2.45) is 4.99 Å². The van der Waals surface area contributed by atoms with Crippen molar-refractivity contribution in [1.29, 1.82) is 0 Å². The highest BCUT2D eigenvalue weighted by molar-refractivity contribution is 7.84. The van der Waals surface area contributed by atoms with Crippen molar-refractivity contribution in [3.8, 4) is 0 Å². The Bertz CT molecular complexity index is 432. The number of hydrogen-bond donors (Lipinski definition) is 2. The third kappa shape index (κ3) is 6.76. The van der Waals surface area contributed by atoms with Crippen LogP contribution >= 0.6 is 0 Å². The highest BCUT2D eigenvalue weighted by Crippen LogP contribution is 2.02. The van der Waals surface area contributed by atoms with Crippen molar-refractivity contribution in [2.75, 3.05) is 25.9 Å². The van der Waals surface area contributed by atoms with Crippen LogP contribution in [0.5, 0.6) is 0 Å². The first-order chi connectivity index (χ1) is 9.26. The molecule has 0 radical (unpaired) electrons. The number of benzene rings is 1. The molecule has 0 saturated carbocycles. The van der Waals surface area contributed by atoms with Crippen LogP contribution in [0, 0.1) is 0 Å². The minimum absolute atomic E-state index is 0.598. The number of guanidine groups is 1. The Morgan fingerprint density at radius 3 is 2.74 bits per heavy atom. The summed E-state index contributed by atoms with van der Waals surface area (Å²) in [7, 11) is 0.847. The zero-order chi connectivity index (χ0) is 13.9. The molecule has 104 valence electrons.